The average molecular weight is 251 g/mol. The number of aromatic nitrogens is 3. The van der Waals surface area contributed by atoms with E-state index in [9.17, 15) is 0 Å². The van der Waals surface area contributed by atoms with Crippen LogP contribution in [0.4, 0.5) is 0 Å². The van der Waals surface area contributed by atoms with Gasteiger partial charge in [0.2, 0.25) is 0 Å². The van der Waals surface area contributed by atoms with Gasteiger partial charge in [0.15, 0.2) is 0 Å². The van der Waals surface area contributed by atoms with Crippen LogP contribution < -0.4 is 0 Å². The molecule has 1 aromatic rings. The van der Waals surface area contributed by atoms with E-state index in [1.165, 1.54) is 0 Å². The van der Waals surface area contributed by atoms with E-state index in [4.69, 9.17) is 0 Å². The van der Waals surface area contributed by atoms with E-state index in [-0.39, 0.29) is 5.41 Å². The van der Waals surface area contributed by atoms with Crippen LogP contribution in [0.25, 0.3) is 0 Å². The van der Waals surface area contributed by atoms with Gasteiger partial charge in [-0.25, -0.2) is 0 Å². The molecule has 104 valence electrons. The first-order valence-corrected chi connectivity index (χ1v) is 7.09. The third-order valence-corrected chi connectivity index (χ3v) is 4.15. The molecule has 0 amide bonds. The quantitative estimate of drug-likeness (QED) is 0.764. The summed E-state index contributed by atoms with van der Waals surface area (Å²) in [5, 5.41) is 8.58. The summed E-state index contributed by atoms with van der Waals surface area (Å²) in [5.41, 5.74) is 1.52. The summed E-state index contributed by atoms with van der Waals surface area (Å²) in [6.45, 7) is 16.9. The highest BCUT2D eigenvalue weighted by Crippen LogP contribution is 2.40. The molecular weight excluding hydrogens is 222 g/mol. The Hall–Kier alpha value is -0.860. The summed E-state index contributed by atoms with van der Waals surface area (Å²) >= 11 is 0. The Kier molecular flexibility index (Phi) is 4.57. The van der Waals surface area contributed by atoms with Crippen LogP contribution in [0.2, 0.25) is 0 Å². The largest absolute Gasteiger partial charge is 0.252 e. The molecule has 1 rings (SSSR count). The highest BCUT2D eigenvalue weighted by molar-refractivity contribution is 5.10. The van der Waals surface area contributed by atoms with Gasteiger partial charge in [-0.2, -0.15) is 0 Å². The zero-order valence-corrected chi connectivity index (χ0v) is 13.1. The maximum Gasteiger partial charge on any atom is 0.0883 e. The van der Waals surface area contributed by atoms with Crippen LogP contribution in [-0.2, 0) is 12.0 Å². The second-order valence-corrected chi connectivity index (χ2v) is 7.07. The Balaban J connectivity index is 2.84. The Morgan fingerprint density at radius 3 is 2.33 bits per heavy atom. The Bertz CT molecular complexity index is 375. The van der Waals surface area contributed by atoms with Crippen molar-refractivity contribution in [2.45, 2.75) is 73.3 Å². The fourth-order valence-electron chi connectivity index (χ4n) is 2.38. The molecule has 0 aliphatic heterocycles. The van der Waals surface area contributed by atoms with Crippen molar-refractivity contribution in [2.75, 3.05) is 0 Å². The molecule has 0 bridgehead atoms. The van der Waals surface area contributed by atoms with Crippen molar-refractivity contribution in [3.05, 3.63) is 11.9 Å². The molecule has 1 heterocycles. The van der Waals surface area contributed by atoms with E-state index in [1.807, 2.05) is 4.68 Å². The minimum atomic E-state index is 0.0831. The van der Waals surface area contributed by atoms with Crippen molar-refractivity contribution in [1.29, 1.82) is 0 Å². The molecule has 0 saturated heterocycles. The van der Waals surface area contributed by atoms with E-state index in [2.05, 4.69) is 65.0 Å². The summed E-state index contributed by atoms with van der Waals surface area (Å²) in [4.78, 5) is 0. The molecule has 0 aliphatic carbocycles. The van der Waals surface area contributed by atoms with E-state index in [1.54, 1.807) is 0 Å². The second-order valence-electron chi connectivity index (χ2n) is 7.07. The van der Waals surface area contributed by atoms with Crippen LogP contribution in [0, 0.1) is 11.3 Å². The maximum absolute atomic E-state index is 4.36. The lowest BCUT2D eigenvalue weighted by molar-refractivity contribution is 0.179. The first kappa shape index (κ1) is 15.2. The number of nitrogens with zero attached hydrogens (tertiary/aromatic N) is 3. The van der Waals surface area contributed by atoms with E-state index >= 15 is 0 Å². The molecule has 0 aromatic carbocycles. The average Bonchev–Trinajstić information content (AvgIpc) is 2.65. The lowest BCUT2D eigenvalue weighted by atomic mass is 9.68. The Morgan fingerprint density at radius 2 is 1.83 bits per heavy atom. The number of hydrogen-bond donors (Lipinski definition) is 0. The molecule has 3 heteroatoms. The lowest BCUT2D eigenvalue weighted by Gasteiger charge is -2.36. The van der Waals surface area contributed by atoms with E-state index in [0.29, 0.717) is 11.3 Å². The third-order valence-electron chi connectivity index (χ3n) is 4.15. The normalized spacial score (nSPS) is 13.3. The van der Waals surface area contributed by atoms with Crippen molar-refractivity contribution in [3.8, 4) is 0 Å². The summed E-state index contributed by atoms with van der Waals surface area (Å²) in [7, 11) is 0. The number of rotatable bonds is 6. The topological polar surface area (TPSA) is 30.7 Å². The van der Waals surface area contributed by atoms with Gasteiger partial charge in [-0.15, -0.1) is 5.10 Å². The van der Waals surface area contributed by atoms with Crippen LogP contribution in [0.3, 0.4) is 0 Å². The van der Waals surface area contributed by atoms with E-state index in [0.717, 1.165) is 25.1 Å². The predicted molar refractivity (Wildman–Crippen MR) is 76.6 cm³/mol. The summed E-state index contributed by atoms with van der Waals surface area (Å²) in [6.07, 6.45) is 4.34. The van der Waals surface area contributed by atoms with Gasteiger partial charge >= 0.3 is 0 Å². The Morgan fingerprint density at radius 1 is 1.22 bits per heavy atom. The molecule has 0 saturated carbocycles. The molecule has 0 unspecified atom stereocenters. The van der Waals surface area contributed by atoms with Crippen molar-refractivity contribution < 1.29 is 0 Å². The molecule has 0 atom stereocenters. The zero-order valence-electron chi connectivity index (χ0n) is 13.1. The van der Waals surface area contributed by atoms with Gasteiger partial charge in [0.1, 0.15) is 0 Å². The molecule has 18 heavy (non-hydrogen) atoms. The fraction of sp³-hybridized carbons (Fsp3) is 0.867. The summed E-state index contributed by atoms with van der Waals surface area (Å²) in [5.74, 6) is 0.669. The number of hydrogen-bond acceptors (Lipinski definition) is 2. The molecule has 0 spiro atoms. The van der Waals surface area contributed by atoms with E-state index < -0.39 is 0 Å². The van der Waals surface area contributed by atoms with Crippen molar-refractivity contribution >= 4 is 0 Å². The van der Waals surface area contributed by atoms with Crippen LogP contribution in [0.5, 0.6) is 0 Å². The molecule has 0 aliphatic rings. The van der Waals surface area contributed by atoms with Crippen molar-refractivity contribution in [1.82, 2.24) is 15.0 Å². The molecule has 0 N–H and O–H groups in total. The fourth-order valence-corrected chi connectivity index (χ4v) is 2.38. The van der Waals surface area contributed by atoms with Crippen LogP contribution in [0.15, 0.2) is 6.20 Å². The third kappa shape index (κ3) is 3.56. The molecule has 3 nitrogen and oxygen atoms in total. The highest BCUT2D eigenvalue weighted by Gasteiger charge is 2.34. The maximum atomic E-state index is 4.36. The summed E-state index contributed by atoms with van der Waals surface area (Å²) < 4.78 is 1.96. The molecule has 0 radical (unpaired) electrons. The van der Waals surface area contributed by atoms with Gasteiger partial charge in [-0.05, 0) is 24.2 Å². The van der Waals surface area contributed by atoms with Gasteiger partial charge in [0.25, 0.3) is 0 Å². The van der Waals surface area contributed by atoms with Gasteiger partial charge < -0.3 is 0 Å². The zero-order chi connectivity index (χ0) is 14.0. The highest BCUT2D eigenvalue weighted by atomic mass is 15.4. The standard InChI is InChI=1S/C15H29N3/c1-8-9-18-10-13(16-17-18)15(6,7)11-14(4,5)12(2)3/h10,12H,8-9,11H2,1-7H3. The minimum absolute atomic E-state index is 0.0831. The van der Waals surface area contributed by atoms with Crippen LogP contribution >= 0.6 is 0 Å². The van der Waals surface area contributed by atoms with Crippen LogP contribution in [0.1, 0.15) is 67.0 Å². The van der Waals surface area contributed by atoms with Gasteiger partial charge in [-0.1, -0.05) is 53.7 Å². The Labute approximate surface area is 112 Å². The molecular formula is C15H29N3. The minimum Gasteiger partial charge on any atom is -0.252 e. The van der Waals surface area contributed by atoms with Crippen molar-refractivity contribution in [3.63, 3.8) is 0 Å². The first-order valence-electron chi connectivity index (χ1n) is 7.09. The molecule has 1 aromatic heterocycles. The second kappa shape index (κ2) is 5.41. The molecule has 0 fully saturated rings. The predicted octanol–water partition coefficient (Wildman–Crippen LogP) is 4.04. The number of aryl methyl sites for hydroxylation is 1. The monoisotopic (exact) mass is 251 g/mol. The van der Waals surface area contributed by atoms with Gasteiger partial charge in [-0.3, -0.25) is 4.68 Å². The SMILES string of the molecule is CCCn1cc(C(C)(C)CC(C)(C)C(C)C)nn1. The van der Waals surface area contributed by atoms with Crippen LogP contribution in [-0.4, -0.2) is 15.0 Å². The first-order chi connectivity index (χ1) is 8.19. The van der Waals surface area contributed by atoms with Gasteiger partial charge in [0.05, 0.1) is 5.69 Å². The van der Waals surface area contributed by atoms with Gasteiger partial charge in [0, 0.05) is 18.2 Å². The smallest absolute Gasteiger partial charge is 0.0883 e. The van der Waals surface area contributed by atoms with Crippen molar-refractivity contribution in [2.24, 2.45) is 11.3 Å². The lowest BCUT2D eigenvalue weighted by Crippen LogP contribution is -2.30. The summed E-state index contributed by atoms with van der Waals surface area (Å²) in [6, 6.07) is 0.